The third kappa shape index (κ3) is 8.86. The van der Waals surface area contributed by atoms with Crippen molar-refractivity contribution in [2.24, 2.45) is 0 Å². The highest BCUT2D eigenvalue weighted by molar-refractivity contribution is 7.92. The summed E-state index contributed by atoms with van der Waals surface area (Å²) >= 11 is 6.09. The van der Waals surface area contributed by atoms with Crippen LogP contribution in [0.2, 0.25) is 5.02 Å². The van der Waals surface area contributed by atoms with E-state index < -0.39 is 28.5 Å². The second-order valence-electron chi connectivity index (χ2n) is 10.6. The van der Waals surface area contributed by atoms with Gasteiger partial charge in [0.2, 0.25) is 11.8 Å². The summed E-state index contributed by atoms with van der Waals surface area (Å²) in [5.41, 5.74) is 1.93. The molecule has 8 nitrogen and oxygen atoms in total. The van der Waals surface area contributed by atoms with Gasteiger partial charge in [-0.3, -0.25) is 13.9 Å². The first-order valence-electron chi connectivity index (χ1n) is 14.9. The Morgan fingerprint density at radius 2 is 1.47 bits per heavy atom. The van der Waals surface area contributed by atoms with Crippen LogP contribution < -0.4 is 14.4 Å². The van der Waals surface area contributed by atoms with E-state index in [4.69, 9.17) is 16.3 Å². The van der Waals surface area contributed by atoms with Gasteiger partial charge in [-0.05, 0) is 86.0 Å². The lowest BCUT2D eigenvalue weighted by Gasteiger charge is -2.33. The molecule has 236 valence electrons. The number of anilines is 1. The van der Waals surface area contributed by atoms with Crippen molar-refractivity contribution in [1.29, 1.82) is 0 Å². The SMILES string of the molecule is CCCNC(=O)C(CC)N(Cc1ccc(Cl)cc1)C(=O)CN(c1ccc(Oc2ccccc2)cc1)S(=O)(=O)c1ccc(C)cc1. The third-order valence-electron chi connectivity index (χ3n) is 7.19. The van der Waals surface area contributed by atoms with Gasteiger partial charge in [0.1, 0.15) is 24.1 Å². The van der Waals surface area contributed by atoms with Crippen LogP contribution >= 0.6 is 11.6 Å². The Morgan fingerprint density at radius 3 is 2.07 bits per heavy atom. The summed E-state index contributed by atoms with van der Waals surface area (Å²) < 4.78 is 35.2. The molecule has 0 aliphatic carbocycles. The number of ether oxygens (including phenoxy) is 1. The van der Waals surface area contributed by atoms with Crippen LogP contribution in [0.25, 0.3) is 0 Å². The fraction of sp³-hybridized carbons (Fsp3) is 0.257. The molecular weight excluding hydrogens is 610 g/mol. The average Bonchev–Trinajstić information content (AvgIpc) is 3.04. The highest BCUT2D eigenvalue weighted by Gasteiger charge is 2.33. The van der Waals surface area contributed by atoms with E-state index >= 15 is 0 Å². The maximum atomic E-state index is 14.2. The average molecular weight is 648 g/mol. The van der Waals surface area contributed by atoms with Crippen molar-refractivity contribution in [3.63, 3.8) is 0 Å². The summed E-state index contributed by atoms with van der Waals surface area (Å²) in [6.45, 7) is 5.67. The van der Waals surface area contributed by atoms with Crippen molar-refractivity contribution in [2.45, 2.75) is 51.1 Å². The van der Waals surface area contributed by atoms with E-state index in [1.807, 2.05) is 51.1 Å². The number of halogens is 1. The first-order chi connectivity index (χ1) is 21.6. The number of benzene rings is 4. The van der Waals surface area contributed by atoms with Crippen molar-refractivity contribution in [3.8, 4) is 11.5 Å². The van der Waals surface area contributed by atoms with E-state index in [1.54, 1.807) is 60.7 Å². The number of rotatable bonds is 14. The summed E-state index contributed by atoms with van der Waals surface area (Å²) in [6, 6.07) is 28.4. The van der Waals surface area contributed by atoms with Crippen molar-refractivity contribution in [1.82, 2.24) is 10.2 Å². The summed E-state index contributed by atoms with van der Waals surface area (Å²) in [5.74, 6) is 0.321. The Kier molecular flexibility index (Phi) is 11.6. The van der Waals surface area contributed by atoms with Gasteiger partial charge in [-0.2, -0.15) is 0 Å². The maximum absolute atomic E-state index is 14.2. The van der Waals surface area contributed by atoms with Crippen LogP contribution in [-0.4, -0.2) is 44.3 Å². The number of hydrogen-bond acceptors (Lipinski definition) is 5. The molecule has 4 aromatic rings. The molecule has 0 aliphatic rings. The minimum Gasteiger partial charge on any atom is -0.457 e. The van der Waals surface area contributed by atoms with Gasteiger partial charge in [-0.1, -0.05) is 73.5 Å². The summed E-state index contributed by atoms with van der Waals surface area (Å²) in [7, 11) is -4.19. The number of amides is 2. The van der Waals surface area contributed by atoms with Crippen LogP contribution in [0, 0.1) is 6.92 Å². The summed E-state index contributed by atoms with van der Waals surface area (Å²) in [5, 5.41) is 3.43. The molecule has 1 unspecified atom stereocenters. The van der Waals surface area contributed by atoms with Gasteiger partial charge in [-0.25, -0.2) is 8.42 Å². The van der Waals surface area contributed by atoms with E-state index in [0.29, 0.717) is 29.5 Å². The molecule has 4 aromatic carbocycles. The molecule has 0 aromatic heterocycles. The van der Waals surface area contributed by atoms with Gasteiger partial charge in [0.05, 0.1) is 10.6 Å². The number of aryl methyl sites for hydroxylation is 1. The number of carbonyl (C=O) groups excluding carboxylic acids is 2. The topological polar surface area (TPSA) is 96.0 Å². The predicted octanol–water partition coefficient (Wildman–Crippen LogP) is 6.97. The van der Waals surface area contributed by atoms with Crippen molar-refractivity contribution in [3.05, 3.63) is 119 Å². The number of carbonyl (C=O) groups is 2. The number of sulfonamides is 1. The van der Waals surface area contributed by atoms with E-state index in [1.165, 1.54) is 17.0 Å². The standard InChI is InChI=1S/C35H38ClN3O5S/c1-4-23-37-35(41)33(5-2)38(24-27-13-15-28(36)16-14-27)34(40)25-39(45(42,43)32-21-11-26(3)12-22-32)29-17-19-31(20-18-29)44-30-9-7-6-8-10-30/h6-22,33H,4-5,23-25H2,1-3H3,(H,37,41). The fourth-order valence-electron chi connectivity index (χ4n) is 4.74. The number of para-hydroxylation sites is 1. The maximum Gasteiger partial charge on any atom is 0.264 e. The minimum absolute atomic E-state index is 0.0440. The molecule has 0 heterocycles. The molecule has 0 spiro atoms. The van der Waals surface area contributed by atoms with Crippen LogP contribution in [0.15, 0.2) is 108 Å². The second-order valence-corrected chi connectivity index (χ2v) is 12.9. The first kappa shape index (κ1) is 33.6. The van der Waals surface area contributed by atoms with Crippen LogP contribution in [0.1, 0.15) is 37.8 Å². The van der Waals surface area contributed by atoms with E-state index in [9.17, 15) is 18.0 Å². The Bertz CT molecular complexity index is 1660. The molecule has 0 radical (unpaired) electrons. The van der Waals surface area contributed by atoms with Gasteiger partial charge >= 0.3 is 0 Å². The van der Waals surface area contributed by atoms with E-state index in [2.05, 4.69) is 5.32 Å². The fourth-order valence-corrected chi connectivity index (χ4v) is 6.28. The van der Waals surface area contributed by atoms with Gasteiger partial charge in [0.25, 0.3) is 10.0 Å². The molecule has 45 heavy (non-hydrogen) atoms. The Hall–Kier alpha value is -4.34. The lowest BCUT2D eigenvalue weighted by Crippen LogP contribution is -2.52. The largest absolute Gasteiger partial charge is 0.457 e. The Labute approximate surface area is 270 Å². The molecule has 1 N–H and O–H groups in total. The van der Waals surface area contributed by atoms with E-state index in [-0.39, 0.29) is 23.0 Å². The van der Waals surface area contributed by atoms with Gasteiger partial charge in [-0.15, -0.1) is 0 Å². The minimum atomic E-state index is -4.19. The predicted molar refractivity (Wildman–Crippen MR) is 178 cm³/mol. The molecule has 10 heteroatoms. The Morgan fingerprint density at radius 1 is 0.844 bits per heavy atom. The molecule has 0 bridgehead atoms. The van der Waals surface area contributed by atoms with Crippen LogP contribution in [0.3, 0.4) is 0 Å². The van der Waals surface area contributed by atoms with Crippen LogP contribution in [0.5, 0.6) is 11.5 Å². The molecule has 0 saturated carbocycles. The quantitative estimate of drug-likeness (QED) is 0.159. The zero-order valence-electron chi connectivity index (χ0n) is 25.6. The molecule has 0 saturated heterocycles. The van der Waals surface area contributed by atoms with Crippen molar-refractivity contribution >= 4 is 39.1 Å². The lowest BCUT2D eigenvalue weighted by molar-refractivity contribution is -0.140. The zero-order chi connectivity index (χ0) is 32.4. The van der Waals surface area contributed by atoms with Crippen molar-refractivity contribution < 1.29 is 22.7 Å². The molecule has 2 amide bonds. The van der Waals surface area contributed by atoms with Gasteiger partial charge < -0.3 is 15.0 Å². The molecular formula is C35H38ClN3O5S. The third-order valence-corrected chi connectivity index (χ3v) is 9.23. The molecule has 1 atom stereocenters. The smallest absolute Gasteiger partial charge is 0.264 e. The monoisotopic (exact) mass is 647 g/mol. The molecule has 0 aliphatic heterocycles. The van der Waals surface area contributed by atoms with Gasteiger partial charge in [0, 0.05) is 18.1 Å². The molecule has 0 fully saturated rings. The van der Waals surface area contributed by atoms with Crippen LogP contribution in [-0.2, 0) is 26.2 Å². The second kappa shape index (κ2) is 15.6. The number of nitrogens with zero attached hydrogens (tertiary/aromatic N) is 2. The van der Waals surface area contributed by atoms with Crippen molar-refractivity contribution in [2.75, 3.05) is 17.4 Å². The highest BCUT2D eigenvalue weighted by atomic mass is 35.5. The highest BCUT2D eigenvalue weighted by Crippen LogP contribution is 2.29. The summed E-state index contributed by atoms with van der Waals surface area (Å²) in [6.07, 6.45) is 1.07. The first-order valence-corrected chi connectivity index (χ1v) is 16.7. The zero-order valence-corrected chi connectivity index (χ0v) is 27.2. The number of nitrogens with one attached hydrogen (secondary N) is 1. The Balaban J connectivity index is 1.71. The molecule has 4 rings (SSSR count). The van der Waals surface area contributed by atoms with Gasteiger partial charge in [0.15, 0.2) is 0 Å². The lowest BCUT2D eigenvalue weighted by atomic mass is 10.1. The van der Waals surface area contributed by atoms with E-state index in [0.717, 1.165) is 21.9 Å². The van der Waals surface area contributed by atoms with Crippen LogP contribution in [0.4, 0.5) is 5.69 Å². The summed E-state index contributed by atoms with van der Waals surface area (Å²) in [4.78, 5) is 28.9. The number of hydrogen-bond donors (Lipinski definition) is 1. The normalized spacial score (nSPS) is 11.8.